The van der Waals surface area contributed by atoms with Crippen LogP contribution in [-0.2, 0) is 17.6 Å². The lowest BCUT2D eigenvalue weighted by Crippen LogP contribution is -2.42. The summed E-state index contributed by atoms with van der Waals surface area (Å²) in [5.74, 6) is -1.15. The molecule has 0 saturated carbocycles. The maximum absolute atomic E-state index is 12.9. The zero-order valence-electron chi connectivity index (χ0n) is 14.7. The molecule has 2 amide bonds. The first-order chi connectivity index (χ1) is 13.0. The van der Waals surface area contributed by atoms with E-state index in [1.165, 1.54) is 35.6 Å². The molecule has 0 bridgehead atoms. The van der Waals surface area contributed by atoms with E-state index in [1.54, 1.807) is 6.92 Å². The number of carbonyl (C=O) groups is 2. The Morgan fingerprint density at radius 2 is 1.70 bits per heavy atom. The highest BCUT2D eigenvalue weighted by molar-refractivity contribution is 7.13. The smallest absolute Gasteiger partial charge is 0.273 e. The zero-order chi connectivity index (χ0) is 19.2. The van der Waals surface area contributed by atoms with Gasteiger partial charge in [0.1, 0.15) is 10.7 Å². The summed E-state index contributed by atoms with van der Waals surface area (Å²) in [6, 6.07) is 15.5. The Morgan fingerprint density at radius 3 is 2.41 bits per heavy atom. The Bertz CT molecular complexity index is 940. The van der Waals surface area contributed by atoms with Crippen LogP contribution in [0.4, 0.5) is 4.39 Å². The van der Waals surface area contributed by atoms with Gasteiger partial charge in [-0.2, -0.15) is 0 Å². The minimum atomic E-state index is -0.406. The van der Waals surface area contributed by atoms with Crippen molar-refractivity contribution in [3.63, 3.8) is 0 Å². The molecule has 3 rings (SSSR count). The standard InChI is InChI=1S/C20H18FN3O2S/c1-13-19(27-18(22-13)12-14-5-3-2-4-6-14)20(26)24-23-17(25)11-15-7-9-16(21)10-8-15/h2-10H,11-12H2,1H3,(H,23,25)(H,24,26). The average molecular weight is 383 g/mol. The van der Waals surface area contributed by atoms with Gasteiger partial charge in [-0.25, -0.2) is 9.37 Å². The van der Waals surface area contributed by atoms with Crippen LogP contribution in [0.2, 0.25) is 0 Å². The van der Waals surface area contributed by atoms with Gasteiger partial charge < -0.3 is 0 Å². The van der Waals surface area contributed by atoms with Crippen LogP contribution in [0, 0.1) is 12.7 Å². The molecule has 0 atom stereocenters. The molecule has 0 saturated heterocycles. The quantitative estimate of drug-likeness (QED) is 0.665. The Hall–Kier alpha value is -3.06. The Balaban J connectivity index is 1.56. The van der Waals surface area contributed by atoms with Gasteiger partial charge in [-0.1, -0.05) is 42.5 Å². The van der Waals surface area contributed by atoms with Gasteiger partial charge in [0.25, 0.3) is 5.91 Å². The molecule has 138 valence electrons. The highest BCUT2D eigenvalue weighted by atomic mass is 32.1. The largest absolute Gasteiger partial charge is 0.281 e. The first kappa shape index (κ1) is 18.7. The van der Waals surface area contributed by atoms with E-state index in [-0.39, 0.29) is 18.1 Å². The van der Waals surface area contributed by atoms with Crippen molar-refractivity contribution in [3.05, 3.63) is 87.1 Å². The lowest BCUT2D eigenvalue weighted by molar-refractivity contribution is -0.121. The summed E-state index contributed by atoms with van der Waals surface area (Å²) < 4.78 is 12.9. The first-order valence-electron chi connectivity index (χ1n) is 8.35. The number of carbonyl (C=O) groups excluding carboxylic acids is 2. The van der Waals surface area contributed by atoms with E-state index >= 15 is 0 Å². The van der Waals surface area contributed by atoms with Crippen molar-refractivity contribution in [2.75, 3.05) is 0 Å². The maximum Gasteiger partial charge on any atom is 0.281 e. The lowest BCUT2D eigenvalue weighted by atomic mass is 10.1. The summed E-state index contributed by atoms with van der Waals surface area (Å²) >= 11 is 1.30. The molecule has 0 unspecified atom stereocenters. The number of aromatic nitrogens is 1. The summed E-state index contributed by atoms with van der Waals surface area (Å²) in [7, 11) is 0. The van der Waals surface area contributed by atoms with Gasteiger partial charge in [0.05, 0.1) is 17.1 Å². The van der Waals surface area contributed by atoms with Gasteiger partial charge in [0.15, 0.2) is 0 Å². The minimum Gasteiger partial charge on any atom is -0.273 e. The molecular weight excluding hydrogens is 365 g/mol. The predicted octanol–water partition coefficient (Wildman–Crippen LogP) is 3.19. The molecule has 0 spiro atoms. The highest BCUT2D eigenvalue weighted by Crippen LogP contribution is 2.20. The molecule has 2 N–H and O–H groups in total. The fraction of sp³-hybridized carbons (Fsp3) is 0.150. The number of hydrogen-bond acceptors (Lipinski definition) is 4. The number of nitrogens with zero attached hydrogens (tertiary/aromatic N) is 1. The van der Waals surface area contributed by atoms with E-state index in [4.69, 9.17) is 0 Å². The van der Waals surface area contributed by atoms with E-state index in [2.05, 4.69) is 15.8 Å². The van der Waals surface area contributed by atoms with Crippen LogP contribution < -0.4 is 10.9 Å². The molecule has 0 aliphatic rings. The molecule has 2 aromatic carbocycles. The number of thiazole rings is 1. The normalized spacial score (nSPS) is 10.4. The van der Waals surface area contributed by atoms with E-state index in [0.29, 0.717) is 22.6 Å². The van der Waals surface area contributed by atoms with Gasteiger partial charge in [0, 0.05) is 6.42 Å². The average Bonchev–Trinajstić information content (AvgIpc) is 3.03. The third kappa shape index (κ3) is 5.21. The third-order valence-corrected chi connectivity index (χ3v) is 4.99. The summed E-state index contributed by atoms with van der Waals surface area (Å²) in [5.41, 5.74) is 7.18. The summed E-state index contributed by atoms with van der Waals surface area (Å²) in [6.45, 7) is 1.76. The minimum absolute atomic E-state index is 0.0431. The molecular formula is C20H18FN3O2S. The summed E-state index contributed by atoms with van der Waals surface area (Å²) in [5, 5.41) is 0.835. The Kier molecular flexibility index (Phi) is 5.93. The van der Waals surface area contributed by atoms with Crippen molar-refractivity contribution < 1.29 is 14.0 Å². The Labute approximate surface area is 160 Å². The first-order valence-corrected chi connectivity index (χ1v) is 9.17. The fourth-order valence-corrected chi connectivity index (χ4v) is 3.52. The van der Waals surface area contributed by atoms with Crippen LogP contribution >= 0.6 is 11.3 Å². The molecule has 3 aromatic rings. The molecule has 1 heterocycles. The lowest BCUT2D eigenvalue weighted by Gasteiger charge is -2.06. The molecule has 0 aliphatic carbocycles. The predicted molar refractivity (Wildman–Crippen MR) is 102 cm³/mol. The number of rotatable bonds is 5. The SMILES string of the molecule is Cc1nc(Cc2ccccc2)sc1C(=O)NNC(=O)Cc1ccc(F)cc1. The van der Waals surface area contributed by atoms with Crippen molar-refractivity contribution >= 4 is 23.2 Å². The topological polar surface area (TPSA) is 71.1 Å². The highest BCUT2D eigenvalue weighted by Gasteiger charge is 2.16. The van der Waals surface area contributed by atoms with E-state index < -0.39 is 5.91 Å². The van der Waals surface area contributed by atoms with Crippen molar-refractivity contribution in [2.24, 2.45) is 0 Å². The summed E-state index contributed by atoms with van der Waals surface area (Å²) in [4.78, 5) is 29.2. The van der Waals surface area contributed by atoms with Crippen molar-refractivity contribution in [1.29, 1.82) is 0 Å². The zero-order valence-corrected chi connectivity index (χ0v) is 15.5. The van der Waals surface area contributed by atoms with E-state index in [1.807, 2.05) is 30.3 Å². The maximum atomic E-state index is 12.9. The second kappa shape index (κ2) is 8.55. The van der Waals surface area contributed by atoms with Gasteiger partial charge in [-0.15, -0.1) is 11.3 Å². The van der Waals surface area contributed by atoms with Gasteiger partial charge in [-0.05, 0) is 30.2 Å². The fourth-order valence-electron chi connectivity index (χ4n) is 2.52. The number of halogens is 1. The van der Waals surface area contributed by atoms with Crippen LogP contribution in [0.15, 0.2) is 54.6 Å². The second-order valence-electron chi connectivity index (χ2n) is 5.99. The van der Waals surface area contributed by atoms with Crippen molar-refractivity contribution in [2.45, 2.75) is 19.8 Å². The molecule has 0 fully saturated rings. The van der Waals surface area contributed by atoms with Gasteiger partial charge in [0.2, 0.25) is 5.91 Å². The number of benzene rings is 2. The molecule has 7 heteroatoms. The number of nitrogens with one attached hydrogen (secondary N) is 2. The van der Waals surface area contributed by atoms with E-state index in [9.17, 15) is 14.0 Å². The van der Waals surface area contributed by atoms with Gasteiger partial charge in [-0.3, -0.25) is 20.4 Å². The molecule has 1 aromatic heterocycles. The second-order valence-corrected chi connectivity index (χ2v) is 7.07. The van der Waals surface area contributed by atoms with Crippen LogP contribution in [-0.4, -0.2) is 16.8 Å². The Morgan fingerprint density at radius 1 is 1.00 bits per heavy atom. The molecule has 27 heavy (non-hydrogen) atoms. The number of aryl methyl sites for hydroxylation is 1. The molecule has 0 radical (unpaired) electrons. The number of amides is 2. The van der Waals surface area contributed by atoms with E-state index in [0.717, 1.165) is 10.6 Å². The van der Waals surface area contributed by atoms with Crippen LogP contribution in [0.1, 0.15) is 31.5 Å². The van der Waals surface area contributed by atoms with Crippen molar-refractivity contribution in [3.8, 4) is 0 Å². The van der Waals surface area contributed by atoms with Crippen LogP contribution in [0.25, 0.3) is 0 Å². The summed E-state index contributed by atoms with van der Waals surface area (Å²) in [6.07, 6.45) is 0.693. The van der Waals surface area contributed by atoms with Crippen LogP contribution in [0.3, 0.4) is 0 Å². The number of hydrazine groups is 1. The number of hydrogen-bond donors (Lipinski definition) is 2. The van der Waals surface area contributed by atoms with Gasteiger partial charge >= 0.3 is 0 Å². The molecule has 0 aliphatic heterocycles. The molecule has 5 nitrogen and oxygen atoms in total. The monoisotopic (exact) mass is 383 g/mol. The van der Waals surface area contributed by atoms with Crippen molar-refractivity contribution in [1.82, 2.24) is 15.8 Å². The van der Waals surface area contributed by atoms with Crippen LogP contribution in [0.5, 0.6) is 0 Å². The third-order valence-electron chi connectivity index (χ3n) is 3.84.